The van der Waals surface area contributed by atoms with Gasteiger partial charge in [-0.1, -0.05) is 0 Å². The number of nitro benzene ring substituents is 1. The standard InChI is InChI=1S/C15H21N3O4/c1-11-5-3-4-8-17(11)10-15(19)16-13-7-6-12(22-2)9-14(13)18(20)21/h6-7,9,11H,3-5,8,10H2,1-2H3,(H,16,19)/p+1/t11-/m0/s1. The fourth-order valence-corrected chi connectivity index (χ4v) is 2.81. The first-order chi connectivity index (χ1) is 10.5. The van der Waals surface area contributed by atoms with Crippen molar-refractivity contribution < 1.29 is 19.4 Å². The molecule has 1 fully saturated rings. The van der Waals surface area contributed by atoms with E-state index in [9.17, 15) is 14.9 Å². The molecule has 1 saturated heterocycles. The number of nitrogens with zero attached hydrogens (tertiary/aromatic N) is 1. The molecule has 1 heterocycles. The lowest BCUT2D eigenvalue weighted by molar-refractivity contribution is -0.920. The van der Waals surface area contributed by atoms with Gasteiger partial charge in [0.15, 0.2) is 6.54 Å². The van der Waals surface area contributed by atoms with Gasteiger partial charge in [0.1, 0.15) is 11.4 Å². The van der Waals surface area contributed by atoms with Crippen LogP contribution in [-0.4, -0.2) is 37.1 Å². The van der Waals surface area contributed by atoms with Gasteiger partial charge in [0, 0.05) is 0 Å². The number of benzene rings is 1. The van der Waals surface area contributed by atoms with E-state index in [-0.39, 0.29) is 17.3 Å². The second kappa shape index (κ2) is 7.22. The molecule has 0 aliphatic carbocycles. The van der Waals surface area contributed by atoms with Crippen LogP contribution in [0, 0.1) is 10.1 Å². The van der Waals surface area contributed by atoms with Gasteiger partial charge in [-0.15, -0.1) is 0 Å². The molecule has 120 valence electrons. The topological polar surface area (TPSA) is 85.9 Å². The van der Waals surface area contributed by atoms with Crippen molar-refractivity contribution in [3.63, 3.8) is 0 Å². The first-order valence-corrected chi connectivity index (χ1v) is 7.48. The number of methoxy groups -OCH3 is 1. The minimum Gasteiger partial charge on any atom is -0.496 e. The molecule has 0 bridgehead atoms. The van der Waals surface area contributed by atoms with E-state index in [2.05, 4.69) is 12.2 Å². The zero-order valence-corrected chi connectivity index (χ0v) is 12.9. The molecule has 1 unspecified atom stereocenters. The summed E-state index contributed by atoms with van der Waals surface area (Å²) in [5.41, 5.74) is 0.0502. The van der Waals surface area contributed by atoms with Gasteiger partial charge in [-0.2, -0.15) is 0 Å². The van der Waals surface area contributed by atoms with Crippen LogP contribution in [-0.2, 0) is 4.79 Å². The van der Waals surface area contributed by atoms with E-state index in [1.165, 1.54) is 30.6 Å². The average Bonchev–Trinajstić information content (AvgIpc) is 2.49. The molecule has 0 spiro atoms. The number of carbonyl (C=O) groups excluding carboxylic acids is 1. The van der Waals surface area contributed by atoms with Crippen LogP contribution in [0.15, 0.2) is 18.2 Å². The number of ether oxygens (including phenoxy) is 1. The molecule has 22 heavy (non-hydrogen) atoms. The molecule has 2 N–H and O–H groups in total. The summed E-state index contributed by atoms with van der Waals surface area (Å²) in [7, 11) is 1.44. The van der Waals surface area contributed by atoms with Crippen molar-refractivity contribution in [3.05, 3.63) is 28.3 Å². The zero-order valence-electron chi connectivity index (χ0n) is 12.9. The molecule has 1 aromatic carbocycles. The molecule has 1 amide bonds. The number of quaternary nitrogens is 1. The summed E-state index contributed by atoms with van der Waals surface area (Å²) in [6, 6.07) is 4.86. The molecule has 0 aromatic heterocycles. The maximum atomic E-state index is 12.2. The molecule has 0 saturated carbocycles. The summed E-state index contributed by atoms with van der Waals surface area (Å²) < 4.78 is 4.98. The number of carbonyl (C=O) groups is 1. The minimum atomic E-state index is -0.519. The predicted octanol–water partition coefficient (Wildman–Crippen LogP) is 0.999. The summed E-state index contributed by atoms with van der Waals surface area (Å²) >= 11 is 0. The first-order valence-electron chi connectivity index (χ1n) is 7.48. The number of nitrogens with one attached hydrogen (secondary N) is 2. The number of nitro groups is 1. The van der Waals surface area contributed by atoms with Crippen LogP contribution >= 0.6 is 0 Å². The van der Waals surface area contributed by atoms with Crippen LogP contribution in [0.4, 0.5) is 11.4 Å². The van der Waals surface area contributed by atoms with Gasteiger partial charge in [-0.25, -0.2) is 0 Å². The van der Waals surface area contributed by atoms with Crippen LogP contribution in [0.3, 0.4) is 0 Å². The van der Waals surface area contributed by atoms with Crippen molar-refractivity contribution in [2.45, 2.75) is 32.2 Å². The van der Waals surface area contributed by atoms with Gasteiger partial charge in [0.05, 0.1) is 30.7 Å². The largest absolute Gasteiger partial charge is 0.496 e. The van der Waals surface area contributed by atoms with Gasteiger partial charge in [-0.3, -0.25) is 14.9 Å². The third-order valence-corrected chi connectivity index (χ3v) is 4.15. The summed E-state index contributed by atoms with van der Waals surface area (Å²) in [6.07, 6.45) is 3.44. The maximum Gasteiger partial charge on any atom is 0.296 e. The lowest BCUT2D eigenvalue weighted by Gasteiger charge is -2.29. The third-order valence-electron chi connectivity index (χ3n) is 4.15. The number of amides is 1. The summed E-state index contributed by atoms with van der Waals surface area (Å²) in [5.74, 6) is 0.192. The smallest absolute Gasteiger partial charge is 0.296 e. The fourth-order valence-electron chi connectivity index (χ4n) is 2.81. The molecule has 2 atom stereocenters. The average molecular weight is 308 g/mol. The fraction of sp³-hybridized carbons (Fsp3) is 0.533. The second-order valence-electron chi connectivity index (χ2n) is 5.67. The Bertz CT molecular complexity index is 562. The van der Waals surface area contributed by atoms with Gasteiger partial charge in [0.25, 0.3) is 11.6 Å². The number of hydrogen-bond acceptors (Lipinski definition) is 4. The molecular weight excluding hydrogens is 286 g/mol. The second-order valence-corrected chi connectivity index (χ2v) is 5.67. The molecule has 1 aromatic rings. The van der Waals surface area contributed by atoms with Gasteiger partial charge < -0.3 is 15.0 Å². The number of piperidine rings is 1. The van der Waals surface area contributed by atoms with Crippen molar-refractivity contribution in [2.75, 3.05) is 25.5 Å². The third kappa shape index (κ3) is 3.94. The van der Waals surface area contributed by atoms with E-state index < -0.39 is 4.92 Å². The summed E-state index contributed by atoms with van der Waals surface area (Å²) in [5, 5.41) is 13.8. The minimum absolute atomic E-state index is 0.158. The highest BCUT2D eigenvalue weighted by Crippen LogP contribution is 2.28. The lowest BCUT2D eigenvalue weighted by atomic mass is 10.0. The number of likely N-dealkylation sites (tertiary alicyclic amines) is 1. The van der Waals surface area contributed by atoms with E-state index in [1.807, 2.05) is 0 Å². The van der Waals surface area contributed by atoms with Crippen LogP contribution in [0.1, 0.15) is 26.2 Å². The van der Waals surface area contributed by atoms with Gasteiger partial charge >= 0.3 is 0 Å². The predicted molar refractivity (Wildman–Crippen MR) is 82.3 cm³/mol. The lowest BCUT2D eigenvalue weighted by Crippen LogP contribution is -3.17. The Labute approximate surface area is 129 Å². The number of hydrogen-bond donors (Lipinski definition) is 2. The van der Waals surface area contributed by atoms with E-state index in [0.717, 1.165) is 19.4 Å². The van der Waals surface area contributed by atoms with E-state index >= 15 is 0 Å². The Morgan fingerprint density at radius 3 is 2.91 bits per heavy atom. The molecular formula is C15H22N3O4+. The number of anilines is 1. The van der Waals surface area contributed by atoms with Crippen LogP contribution in [0.25, 0.3) is 0 Å². The van der Waals surface area contributed by atoms with E-state index in [4.69, 9.17) is 4.74 Å². The SMILES string of the molecule is COc1ccc(NC(=O)C[NH+]2CCCC[C@@H]2C)c([N+](=O)[O-])c1. The van der Waals surface area contributed by atoms with Gasteiger partial charge in [0.2, 0.25) is 0 Å². The van der Waals surface area contributed by atoms with Crippen molar-refractivity contribution in [1.82, 2.24) is 0 Å². The highest BCUT2D eigenvalue weighted by Gasteiger charge is 2.25. The Morgan fingerprint density at radius 1 is 1.50 bits per heavy atom. The van der Waals surface area contributed by atoms with Crippen molar-refractivity contribution >= 4 is 17.3 Å². The molecule has 1 aliphatic heterocycles. The normalized spacial score (nSPS) is 21.2. The summed E-state index contributed by atoms with van der Waals surface area (Å²) in [4.78, 5) is 24.0. The van der Waals surface area contributed by atoms with Crippen molar-refractivity contribution in [3.8, 4) is 5.75 Å². The van der Waals surface area contributed by atoms with Crippen LogP contribution < -0.4 is 15.0 Å². The monoisotopic (exact) mass is 308 g/mol. The van der Waals surface area contributed by atoms with Crippen molar-refractivity contribution in [2.24, 2.45) is 0 Å². The van der Waals surface area contributed by atoms with E-state index in [1.54, 1.807) is 6.07 Å². The summed E-state index contributed by atoms with van der Waals surface area (Å²) in [6.45, 7) is 3.45. The Morgan fingerprint density at radius 2 is 2.27 bits per heavy atom. The van der Waals surface area contributed by atoms with Crippen molar-refractivity contribution in [1.29, 1.82) is 0 Å². The van der Waals surface area contributed by atoms with Crippen LogP contribution in [0.5, 0.6) is 5.75 Å². The maximum absolute atomic E-state index is 12.2. The first kappa shape index (κ1) is 16.2. The Balaban J connectivity index is 2.06. The molecule has 7 nitrogen and oxygen atoms in total. The molecule has 1 aliphatic rings. The quantitative estimate of drug-likeness (QED) is 0.627. The van der Waals surface area contributed by atoms with E-state index in [0.29, 0.717) is 18.3 Å². The highest BCUT2D eigenvalue weighted by atomic mass is 16.6. The van der Waals surface area contributed by atoms with Crippen LogP contribution in [0.2, 0.25) is 0 Å². The highest BCUT2D eigenvalue weighted by molar-refractivity contribution is 5.93. The Kier molecular flexibility index (Phi) is 5.32. The number of rotatable bonds is 5. The zero-order chi connectivity index (χ0) is 16.1. The Hall–Kier alpha value is -2.15. The van der Waals surface area contributed by atoms with Gasteiger partial charge in [-0.05, 0) is 38.3 Å². The molecule has 2 rings (SSSR count). The molecule has 0 radical (unpaired) electrons. The molecule has 7 heteroatoms.